The number of aliphatic hydroxyl groups is 1. The molecular formula is C19H21NO4. The van der Waals surface area contributed by atoms with Crippen LogP contribution in [-0.4, -0.2) is 30.4 Å². The molecule has 5 nitrogen and oxygen atoms in total. The van der Waals surface area contributed by atoms with Crippen LogP contribution in [-0.2, 0) is 0 Å². The third kappa shape index (κ3) is 3.58. The molecule has 0 saturated heterocycles. The van der Waals surface area contributed by atoms with Crippen molar-refractivity contribution in [3.63, 3.8) is 0 Å². The van der Waals surface area contributed by atoms with Crippen molar-refractivity contribution in [1.82, 2.24) is 5.32 Å². The Bertz CT molecular complexity index is 901. The highest BCUT2D eigenvalue weighted by atomic mass is 16.5. The molecular weight excluding hydrogens is 306 g/mol. The zero-order chi connectivity index (χ0) is 17.1. The van der Waals surface area contributed by atoms with Crippen LogP contribution in [0.1, 0.15) is 13.8 Å². The van der Waals surface area contributed by atoms with Crippen LogP contribution in [0.15, 0.2) is 51.7 Å². The molecule has 24 heavy (non-hydrogen) atoms. The van der Waals surface area contributed by atoms with E-state index >= 15 is 0 Å². The van der Waals surface area contributed by atoms with Gasteiger partial charge in [-0.05, 0) is 24.3 Å². The van der Waals surface area contributed by atoms with Gasteiger partial charge in [0.05, 0.1) is 10.8 Å². The van der Waals surface area contributed by atoms with Crippen molar-refractivity contribution in [2.75, 3.05) is 13.2 Å². The molecule has 3 aromatic rings. The third-order valence-corrected chi connectivity index (χ3v) is 3.75. The van der Waals surface area contributed by atoms with Crippen molar-refractivity contribution in [3.05, 3.63) is 52.7 Å². The van der Waals surface area contributed by atoms with E-state index in [4.69, 9.17) is 9.15 Å². The molecule has 0 spiro atoms. The monoisotopic (exact) mass is 327 g/mol. The first kappa shape index (κ1) is 16.5. The first-order valence-corrected chi connectivity index (χ1v) is 8.04. The summed E-state index contributed by atoms with van der Waals surface area (Å²) in [6, 6.07) is 12.6. The van der Waals surface area contributed by atoms with Crippen molar-refractivity contribution in [1.29, 1.82) is 0 Å². The summed E-state index contributed by atoms with van der Waals surface area (Å²) in [4.78, 5) is 12.5. The van der Waals surface area contributed by atoms with Crippen LogP contribution in [0.25, 0.3) is 21.9 Å². The number of hydrogen-bond donors (Lipinski definition) is 2. The van der Waals surface area contributed by atoms with Crippen LogP contribution in [0, 0.1) is 0 Å². The standard InChI is InChI=1S/C19H21NO4/c1-12(2)20-10-13(21)11-23-14-7-8-16-18(9-14)24-17-6-4-3-5-15(17)19(16)22/h3-9,12-13,20-21H,10-11H2,1-2H3/t13-/m1/s1. The van der Waals surface area contributed by atoms with Crippen molar-refractivity contribution in [2.24, 2.45) is 0 Å². The number of ether oxygens (including phenoxy) is 1. The van der Waals surface area contributed by atoms with Gasteiger partial charge in [0.15, 0.2) is 0 Å². The van der Waals surface area contributed by atoms with Gasteiger partial charge in [-0.25, -0.2) is 0 Å². The molecule has 0 aliphatic carbocycles. The fourth-order valence-electron chi connectivity index (χ4n) is 2.49. The summed E-state index contributed by atoms with van der Waals surface area (Å²) in [5, 5.41) is 14.1. The van der Waals surface area contributed by atoms with Crippen LogP contribution < -0.4 is 15.5 Å². The smallest absolute Gasteiger partial charge is 0.200 e. The van der Waals surface area contributed by atoms with Crippen LogP contribution in [0.3, 0.4) is 0 Å². The fraction of sp³-hybridized carbons (Fsp3) is 0.316. The SMILES string of the molecule is CC(C)NC[C@@H](O)COc1ccc2c(=O)c3ccccc3oc2c1. The van der Waals surface area contributed by atoms with E-state index in [1.165, 1.54) is 0 Å². The molecule has 0 unspecified atom stereocenters. The molecule has 0 aliphatic rings. The highest BCUT2D eigenvalue weighted by Gasteiger charge is 2.10. The molecule has 1 atom stereocenters. The highest BCUT2D eigenvalue weighted by molar-refractivity contribution is 5.90. The Balaban J connectivity index is 1.81. The lowest BCUT2D eigenvalue weighted by atomic mass is 10.1. The minimum Gasteiger partial charge on any atom is -0.491 e. The van der Waals surface area contributed by atoms with Gasteiger partial charge in [0.2, 0.25) is 5.43 Å². The quantitative estimate of drug-likeness (QED) is 0.681. The van der Waals surface area contributed by atoms with Gasteiger partial charge in [0.1, 0.15) is 29.6 Å². The summed E-state index contributed by atoms with van der Waals surface area (Å²) in [6.45, 7) is 4.67. The normalized spacial score (nSPS) is 12.8. The topological polar surface area (TPSA) is 71.7 Å². The maximum atomic E-state index is 12.5. The van der Waals surface area contributed by atoms with Gasteiger partial charge < -0.3 is 19.6 Å². The Morgan fingerprint density at radius 2 is 1.88 bits per heavy atom. The number of para-hydroxylation sites is 1. The van der Waals surface area contributed by atoms with Gasteiger partial charge in [-0.1, -0.05) is 26.0 Å². The molecule has 0 aliphatic heterocycles. The highest BCUT2D eigenvalue weighted by Crippen LogP contribution is 2.22. The Morgan fingerprint density at radius 1 is 1.12 bits per heavy atom. The average Bonchev–Trinajstić information content (AvgIpc) is 2.58. The molecule has 5 heteroatoms. The average molecular weight is 327 g/mol. The lowest BCUT2D eigenvalue weighted by Crippen LogP contribution is -2.35. The Kier molecular flexibility index (Phi) is 4.83. The molecule has 1 aromatic heterocycles. The summed E-state index contributed by atoms with van der Waals surface area (Å²) in [5.74, 6) is 0.560. The third-order valence-electron chi connectivity index (χ3n) is 3.75. The van der Waals surface area contributed by atoms with E-state index in [9.17, 15) is 9.90 Å². The Hall–Kier alpha value is -2.37. The molecule has 0 saturated carbocycles. The van der Waals surface area contributed by atoms with E-state index in [-0.39, 0.29) is 12.0 Å². The molecule has 1 heterocycles. The summed E-state index contributed by atoms with van der Waals surface area (Å²) < 4.78 is 11.4. The lowest BCUT2D eigenvalue weighted by molar-refractivity contribution is 0.104. The van der Waals surface area contributed by atoms with Crippen LogP contribution in [0.2, 0.25) is 0 Å². The number of nitrogens with one attached hydrogen (secondary N) is 1. The first-order chi connectivity index (χ1) is 11.5. The van der Waals surface area contributed by atoms with Crippen molar-refractivity contribution >= 4 is 21.9 Å². The maximum absolute atomic E-state index is 12.5. The Labute approximate surface area is 139 Å². The second-order valence-electron chi connectivity index (χ2n) is 6.11. The second kappa shape index (κ2) is 7.03. The molecule has 2 N–H and O–H groups in total. The molecule has 0 bridgehead atoms. The number of hydrogen-bond acceptors (Lipinski definition) is 5. The van der Waals surface area contributed by atoms with Crippen molar-refractivity contribution < 1.29 is 14.3 Å². The summed E-state index contributed by atoms with van der Waals surface area (Å²) >= 11 is 0. The van der Waals surface area contributed by atoms with Gasteiger partial charge >= 0.3 is 0 Å². The van der Waals surface area contributed by atoms with Gasteiger partial charge in [0, 0.05) is 18.7 Å². The van der Waals surface area contributed by atoms with Crippen LogP contribution >= 0.6 is 0 Å². The number of rotatable bonds is 6. The van der Waals surface area contributed by atoms with Gasteiger partial charge in [-0.2, -0.15) is 0 Å². The van der Waals surface area contributed by atoms with E-state index in [1.807, 2.05) is 26.0 Å². The van der Waals surface area contributed by atoms with Gasteiger partial charge in [-0.3, -0.25) is 4.79 Å². The number of aliphatic hydroxyl groups excluding tert-OH is 1. The molecule has 0 amide bonds. The largest absolute Gasteiger partial charge is 0.491 e. The Morgan fingerprint density at radius 3 is 2.67 bits per heavy atom. The fourth-order valence-corrected chi connectivity index (χ4v) is 2.49. The maximum Gasteiger partial charge on any atom is 0.200 e. The van der Waals surface area contributed by atoms with Gasteiger partial charge in [-0.15, -0.1) is 0 Å². The zero-order valence-corrected chi connectivity index (χ0v) is 13.8. The minimum absolute atomic E-state index is 0.0560. The van der Waals surface area contributed by atoms with E-state index < -0.39 is 6.10 Å². The van der Waals surface area contributed by atoms with E-state index in [0.717, 1.165) is 0 Å². The van der Waals surface area contributed by atoms with E-state index in [2.05, 4.69) is 5.32 Å². The minimum atomic E-state index is -0.605. The molecule has 3 rings (SSSR count). The molecule has 126 valence electrons. The van der Waals surface area contributed by atoms with Crippen molar-refractivity contribution in [3.8, 4) is 5.75 Å². The van der Waals surface area contributed by atoms with Crippen LogP contribution in [0.4, 0.5) is 0 Å². The summed E-state index contributed by atoms with van der Waals surface area (Å²) in [7, 11) is 0. The van der Waals surface area contributed by atoms with E-state index in [0.29, 0.717) is 40.3 Å². The predicted octanol–water partition coefficient (Wildman–Crippen LogP) is 2.68. The van der Waals surface area contributed by atoms with Crippen LogP contribution in [0.5, 0.6) is 5.75 Å². The number of fused-ring (bicyclic) bond motifs is 2. The molecule has 0 radical (unpaired) electrons. The van der Waals surface area contributed by atoms with E-state index in [1.54, 1.807) is 30.3 Å². The first-order valence-electron chi connectivity index (χ1n) is 8.04. The summed E-state index contributed by atoms with van der Waals surface area (Å²) in [5.41, 5.74) is 0.971. The lowest BCUT2D eigenvalue weighted by Gasteiger charge is -2.15. The predicted molar refractivity (Wildman–Crippen MR) is 94.6 cm³/mol. The van der Waals surface area contributed by atoms with Crippen molar-refractivity contribution in [2.45, 2.75) is 26.0 Å². The zero-order valence-electron chi connectivity index (χ0n) is 13.8. The van der Waals surface area contributed by atoms with Gasteiger partial charge in [0.25, 0.3) is 0 Å². The second-order valence-corrected chi connectivity index (χ2v) is 6.11. The number of benzene rings is 2. The molecule has 2 aromatic carbocycles. The summed E-state index contributed by atoms with van der Waals surface area (Å²) in [6.07, 6.45) is -0.605. The molecule has 0 fully saturated rings.